The van der Waals surface area contributed by atoms with Crippen molar-refractivity contribution in [1.29, 1.82) is 0 Å². The third kappa shape index (κ3) is 4.30. The van der Waals surface area contributed by atoms with E-state index in [2.05, 4.69) is 20.6 Å². The summed E-state index contributed by atoms with van der Waals surface area (Å²) in [5.74, 6) is -2.88. The van der Waals surface area contributed by atoms with E-state index < -0.39 is 23.5 Å². The predicted molar refractivity (Wildman–Crippen MR) is 80.1 cm³/mol. The number of benzene rings is 1. The smallest absolute Gasteiger partial charge is 0.352 e. The Morgan fingerprint density at radius 3 is 2.50 bits per heavy atom. The average Bonchev–Trinajstić information content (AvgIpc) is 2.50. The van der Waals surface area contributed by atoms with E-state index in [1.807, 2.05) is 6.92 Å². The maximum atomic E-state index is 13.7. The fourth-order valence-electron chi connectivity index (χ4n) is 1.78. The van der Waals surface area contributed by atoms with Crippen LogP contribution < -0.4 is 10.6 Å². The molecule has 0 saturated heterocycles. The van der Waals surface area contributed by atoms with Gasteiger partial charge in [-0.25, -0.2) is 13.8 Å². The molecular weight excluding hydrogens is 331 g/mol. The Kier molecular flexibility index (Phi) is 5.20. The van der Waals surface area contributed by atoms with E-state index in [9.17, 15) is 22.0 Å². The van der Waals surface area contributed by atoms with E-state index in [0.29, 0.717) is 12.5 Å². The highest BCUT2D eigenvalue weighted by atomic mass is 19.4. The Hall–Kier alpha value is -2.45. The van der Waals surface area contributed by atoms with Gasteiger partial charge in [0.1, 0.15) is 5.82 Å². The van der Waals surface area contributed by atoms with Crippen molar-refractivity contribution < 1.29 is 22.0 Å². The van der Waals surface area contributed by atoms with Crippen LogP contribution in [0.1, 0.15) is 26.0 Å². The minimum absolute atomic E-state index is 0.160. The van der Waals surface area contributed by atoms with Crippen LogP contribution in [0.25, 0.3) is 0 Å². The molecule has 24 heavy (non-hydrogen) atoms. The molecule has 1 aromatic carbocycles. The molecule has 9 heteroatoms. The first-order chi connectivity index (χ1) is 11.2. The first kappa shape index (κ1) is 17.9. The quantitative estimate of drug-likeness (QED) is 0.769. The van der Waals surface area contributed by atoms with Crippen molar-refractivity contribution in [1.82, 2.24) is 9.97 Å². The Morgan fingerprint density at radius 2 is 1.88 bits per heavy atom. The molecule has 1 aromatic heterocycles. The molecule has 4 nitrogen and oxygen atoms in total. The van der Waals surface area contributed by atoms with Gasteiger partial charge in [-0.3, -0.25) is 0 Å². The summed E-state index contributed by atoms with van der Waals surface area (Å²) in [5.41, 5.74) is -1.51. The zero-order chi connectivity index (χ0) is 17.9. The average molecular weight is 346 g/mol. The summed E-state index contributed by atoms with van der Waals surface area (Å²) >= 11 is 0. The molecule has 2 N–H and O–H groups in total. The molecule has 0 unspecified atom stereocenters. The zero-order valence-electron chi connectivity index (χ0n) is 12.9. The van der Waals surface area contributed by atoms with E-state index >= 15 is 0 Å². The third-order valence-electron chi connectivity index (χ3n) is 3.22. The van der Waals surface area contributed by atoms with E-state index in [1.165, 1.54) is 12.1 Å². The summed E-state index contributed by atoms with van der Waals surface area (Å²) in [6.45, 7) is 3.59. The van der Waals surface area contributed by atoms with Gasteiger partial charge in [0.2, 0.25) is 5.95 Å². The van der Waals surface area contributed by atoms with Gasteiger partial charge in [-0.1, -0.05) is 13.0 Å². The van der Waals surface area contributed by atoms with Crippen molar-refractivity contribution in [3.8, 4) is 0 Å². The van der Waals surface area contributed by atoms with Crippen molar-refractivity contribution in [2.45, 2.75) is 32.5 Å². The molecule has 0 spiro atoms. The molecular formula is C15H15F5N4. The largest absolute Gasteiger partial charge is 0.433 e. The first-order valence-corrected chi connectivity index (χ1v) is 7.14. The molecule has 1 heterocycles. The second kappa shape index (κ2) is 6.98. The lowest BCUT2D eigenvalue weighted by Crippen LogP contribution is -2.19. The summed E-state index contributed by atoms with van der Waals surface area (Å²) in [7, 11) is 0. The number of nitrogens with zero attached hydrogens (tertiary/aromatic N) is 2. The van der Waals surface area contributed by atoms with Gasteiger partial charge >= 0.3 is 6.18 Å². The van der Waals surface area contributed by atoms with Crippen LogP contribution in [0.2, 0.25) is 0 Å². The minimum Gasteiger partial charge on any atom is -0.352 e. The van der Waals surface area contributed by atoms with Crippen molar-refractivity contribution in [2.24, 2.45) is 0 Å². The standard InChI is InChI=1S/C15H15F5N4/c1-3-8(2)21-14-23-11(15(18,19)20)7-12(24-14)22-10-6-4-5-9(16)13(10)17/h4-8H,3H2,1-2H3,(H2,21,22,23,24)/t8-/m0/s1. The number of anilines is 3. The van der Waals surface area contributed by atoms with Gasteiger partial charge in [0.15, 0.2) is 17.3 Å². The molecule has 0 radical (unpaired) electrons. The second-order valence-electron chi connectivity index (χ2n) is 5.14. The van der Waals surface area contributed by atoms with E-state index in [-0.39, 0.29) is 23.5 Å². The Bertz CT molecular complexity index is 717. The van der Waals surface area contributed by atoms with Crippen LogP contribution in [0.5, 0.6) is 0 Å². The minimum atomic E-state index is -4.70. The van der Waals surface area contributed by atoms with Crippen molar-refractivity contribution >= 4 is 17.5 Å². The maximum absolute atomic E-state index is 13.7. The fourth-order valence-corrected chi connectivity index (χ4v) is 1.78. The molecule has 0 bridgehead atoms. The van der Waals surface area contributed by atoms with Crippen LogP contribution in [0.15, 0.2) is 24.3 Å². The van der Waals surface area contributed by atoms with Crippen LogP contribution >= 0.6 is 0 Å². The molecule has 0 saturated carbocycles. The first-order valence-electron chi connectivity index (χ1n) is 7.14. The number of nitrogens with one attached hydrogen (secondary N) is 2. The van der Waals surface area contributed by atoms with Crippen LogP contribution in [-0.4, -0.2) is 16.0 Å². The number of hydrogen-bond donors (Lipinski definition) is 2. The molecule has 1 atom stereocenters. The molecule has 2 rings (SSSR count). The maximum Gasteiger partial charge on any atom is 0.433 e. The summed E-state index contributed by atoms with van der Waals surface area (Å²) in [5, 5.41) is 5.08. The van der Waals surface area contributed by atoms with Gasteiger partial charge in [0.05, 0.1) is 5.69 Å². The SMILES string of the molecule is CC[C@H](C)Nc1nc(Nc2cccc(F)c2F)cc(C(F)(F)F)n1. The lowest BCUT2D eigenvalue weighted by molar-refractivity contribution is -0.141. The zero-order valence-corrected chi connectivity index (χ0v) is 12.9. The highest BCUT2D eigenvalue weighted by molar-refractivity contribution is 5.58. The van der Waals surface area contributed by atoms with Gasteiger partial charge in [-0.2, -0.15) is 18.2 Å². The van der Waals surface area contributed by atoms with Crippen molar-refractivity contribution in [3.63, 3.8) is 0 Å². The normalized spacial score (nSPS) is 12.8. The highest BCUT2D eigenvalue weighted by Crippen LogP contribution is 2.31. The molecule has 0 aliphatic rings. The third-order valence-corrected chi connectivity index (χ3v) is 3.22. The monoisotopic (exact) mass is 346 g/mol. The fraction of sp³-hybridized carbons (Fsp3) is 0.333. The molecule has 2 aromatic rings. The molecule has 0 aliphatic carbocycles. The van der Waals surface area contributed by atoms with Gasteiger partial charge < -0.3 is 10.6 Å². The number of aromatic nitrogens is 2. The molecule has 0 aliphatic heterocycles. The lowest BCUT2D eigenvalue weighted by atomic mass is 10.2. The lowest BCUT2D eigenvalue weighted by Gasteiger charge is -2.15. The van der Waals surface area contributed by atoms with Crippen molar-refractivity contribution in [3.05, 3.63) is 41.6 Å². The van der Waals surface area contributed by atoms with E-state index in [0.717, 1.165) is 6.07 Å². The number of halogens is 5. The summed E-state index contributed by atoms with van der Waals surface area (Å²) in [6.07, 6.45) is -4.06. The summed E-state index contributed by atoms with van der Waals surface area (Å²) in [4.78, 5) is 7.30. The molecule has 0 fully saturated rings. The van der Waals surface area contributed by atoms with E-state index in [1.54, 1.807) is 6.92 Å². The van der Waals surface area contributed by atoms with Gasteiger partial charge in [-0.15, -0.1) is 0 Å². The van der Waals surface area contributed by atoms with Gasteiger partial charge in [-0.05, 0) is 25.5 Å². The number of rotatable bonds is 5. The molecule has 0 amide bonds. The Balaban J connectivity index is 2.41. The Morgan fingerprint density at radius 1 is 1.17 bits per heavy atom. The van der Waals surface area contributed by atoms with Gasteiger partial charge in [0.25, 0.3) is 0 Å². The summed E-state index contributed by atoms with van der Waals surface area (Å²) < 4.78 is 65.8. The molecule has 130 valence electrons. The van der Waals surface area contributed by atoms with Crippen LogP contribution in [0, 0.1) is 11.6 Å². The number of alkyl halides is 3. The Labute approximate surface area is 135 Å². The second-order valence-corrected chi connectivity index (χ2v) is 5.14. The van der Waals surface area contributed by atoms with Crippen LogP contribution in [0.4, 0.5) is 39.4 Å². The van der Waals surface area contributed by atoms with Crippen LogP contribution in [0.3, 0.4) is 0 Å². The topological polar surface area (TPSA) is 49.8 Å². The van der Waals surface area contributed by atoms with E-state index in [4.69, 9.17) is 0 Å². The summed E-state index contributed by atoms with van der Waals surface area (Å²) in [6, 6.07) is 3.79. The van der Waals surface area contributed by atoms with Crippen molar-refractivity contribution in [2.75, 3.05) is 10.6 Å². The highest BCUT2D eigenvalue weighted by Gasteiger charge is 2.34. The van der Waals surface area contributed by atoms with Crippen LogP contribution in [-0.2, 0) is 6.18 Å². The predicted octanol–water partition coefficient (Wildman–Crippen LogP) is 4.73. The van der Waals surface area contributed by atoms with Gasteiger partial charge in [0, 0.05) is 12.1 Å². The number of hydrogen-bond acceptors (Lipinski definition) is 4.